The lowest BCUT2D eigenvalue weighted by molar-refractivity contribution is 0.122. The van der Waals surface area contributed by atoms with E-state index in [1.807, 2.05) is 12.1 Å². The Morgan fingerprint density at radius 2 is 1.86 bits per heavy atom. The van der Waals surface area contributed by atoms with Crippen LogP contribution in [0.3, 0.4) is 0 Å². The number of aliphatic hydroxyl groups is 1. The fourth-order valence-electron chi connectivity index (χ4n) is 3.49. The van der Waals surface area contributed by atoms with Gasteiger partial charge in [-0.15, -0.1) is 0 Å². The van der Waals surface area contributed by atoms with E-state index in [1.54, 1.807) is 0 Å². The number of hydrogen-bond acceptors (Lipinski definition) is 4. The lowest BCUT2D eigenvalue weighted by Gasteiger charge is -2.33. The SMILES string of the molecule is Cc1nc(CN(C)C2CCC(CO)CC2)nc2ccccc12. The van der Waals surface area contributed by atoms with Crippen molar-refractivity contribution < 1.29 is 5.11 Å². The maximum atomic E-state index is 9.25. The highest BCUT2D eigenvalue weighted by molar-refractivity contribution is 5.80. The number of hydrogen-bond donors (Lipinski definition) is 1. The van der Waals surface area contributed by atoms with Crippen LogP contribution in [0, 0.1) is 12.8 Å². The fourth-order valence-corrected chi connectivity index (χ4v) is 3.49. The third-order valence-corrected chi connectivity index (χ3v) is 4.93. The molecule has 0 amide bonds. The average Bonchev–Trinajstić information content (AvgIpc) is 2.55. The number of aryl methyl sites for hydroxylation is 1. The monoisotopic (exact) mass is 299 g/mol. The Morgan fingerprint density at radius 1 is 1.14 bits per heavy atom. The molecular weight excluding hydrogens is 274 g/mol. The molecule has 0 bridgehead atoms. The second kappa shape index (κ2) is 6.71. The highest BCUT2D eigenvalue weighted by Crippen LogP contribution is 2.27. The highest BCUT2D eigenvalue weighted by Gasteiger charge is 2.24. The van der Waals surface area contributed by atoms with Gasteiger partial charge in [-0.2, -0.15) is 0 Å². The molecule has 2 aromatic rings. The molecule has 0 spiro atoms. The van der Waals surface area contributed by atoms with Crippen LogP contribution in [0.15, 0.2) is 24.3 Å². The predicted octanol–water partition coefficient (Wildman–Crippen LogP) is 2.92. The summed E-state index contributed by atoms with van der Waals surface area (Å²) in [5, 5.41) is 10.4. The van der Waals surface area contributed by atoms with E-state index in [0.29, 0.717) is 18.6 Å². The van der Waals surface area contributed by atoms with Crippen molar-refractivity contribution in [2.24, 2.45) is 5.92 Å². The van der Waals surface area contributed by atoms with E-state index in [9.17, 15) is 5.11 Å². The molecule has 0 aliphatic heterocycles. The van der Waals surface area contributed by atoms with Crippen LogP contribution >= 0.6 is 0 Å². The van der Waals surface area contributed by atoms with Crippen LogP contribution in [0.1, 0.15) is 37.2 Å². The summed E-state index contributed by atoms with van der Waals surface area (Å²) in [5.41, 5.74) is 2.08. The zero-order valence-electron chi connectivity index (χ0n) is 13.5. The predicted molar refractivity (Wildman–Crippen MR) is 88.6 cm³/mol. The second-order valence-electron chi connectivity index (χ2n) is 6.51. The van der Waals surface area contributed by atoms with Crippen molar-refractivity contribution in [1.82, 2.24) is 14.9 Å². The smallest absolute Gasteiger partial charge is 0.143 e. The van der Waals surface area contributed by atoms with E-state index >= 15 is 0 Å². The molecule has 0 saturated heterocycles. The van der Waals surface area contributed by atoms with Gasteiger partial charge in [0.1, 0.15) is 5.82 Å². The molecule has 1 saturated carbocycles. The molecule has 0 atom stereocenters. The minimum Gasteiger partial charge on any atom is -0.396 e. The Balaban J connectivity index is 1.70. The van der Waals surface area contributed by atoms with Crippen molar-refractivity contribution in [3.8, 4) is 0 Å². The molecule has 118 valence electrons. The number of aliphatic hydroxyl groups excluding tert-OH is 1. The molecule has 0 radical (unpaired) electrons. The first kappa shape index (κ1) is 15.4. The normalized spacial score (nSPS) is 22.4. The van der Waals surface area contributed by atoms with Gasteiger partial charge in [0.25, 0.3) is 0 Å². The number of nitrogens with zero attached hydrogens (tertiary/aromatic N) is 3. The lowest BCUT2D eigenvalue weighted by Crippen LogP contribution is -2.35. The van der Waals surface area contributed by atoms with Crippen LogP contribution in [0.25, 0.3) is 10.9 Å². The minimum absolute atomic E-state index is 0.337. The summed E-state index contributed by atoms with van der Waals surface area (Å²) < 4.78 is 0. The molecule has 4 nitrogen and oxygen atoms in total. The van der Waals surface area contributed by atoms with Gasteiger partial charge in [-0.05, 0) is 51.6 Å². The van der Waals surface area contributed by atoms with Gasteiger partial charge in [0.05, 0.1) is 12.1 Å². The minimum atomic E-state index is 0.337. The molecule has 1 N–H and O–H groups in total. The van der Waals surface area contributed by atoms with E-state index in [1.165, 1.54) is 0 Å². The van der Waals surface area contributed by atoms with Gasteiger partial charge < -0.3 is 5.11 Å². The van der Waals surface area contributed by atoms with Gasteiger partial charge in [0.2, 0.25) is 0 Å². The van der Waals surface area contributed by atoms with E-state index < -0.39 is 0 Å². The Morgan fingerprint density at radius 3 is 2.59 bits per heavy atom. The first-order chi connectivity index (χ1) is 10.7. The van der Waals surface area contributed by atoms with Crippen LogP contribution in [0.5, 0.6) is 0 Å². The first-order valence-electron chi connectivity index (χ1n) is 8.20. The van der Waals surface area contributed by atoms with Gasteiger partial charge in [-0.25, -0.2) is 9.97 Å². The second-order valence-corrected chi connectivity index (χ2v) is 6.51. The maximum absolute atomic E-state index is 9.25. The van der Waals surface area contributed by atoms with E-state index in [0.717, 1.165) is 54.6 Å². The molecule has 1 aromatic carbocycles. The van der Waals surface area contributed by atoms with E-state index in [2.05, 4.69) is 36.0 Å². The van der Waals surface area contributed by atoms with E-state index in [-0.39, 0.29) is 0 Å². The molecule has 3 rings (SSSR count). The van der Waals surface area contributed by atoms with Crippen molar-refractivity contribution in [3.63, 3.8) is 0 Å². The Hall–Kier alpha value is -1.52. The summed E-state index contributed by atoms with van der Waals surface area (Å²) in [6.07, 6.45) is 4.58. The maximum Gasteiger partial charge on any atom is 0.143 e. The van der Waals surface area contributed by atoms with Crippen molar-refractivity contribution >= 4 is 10.9 Å². The van der Waals surface area contributed by atoms with Crippen molar-refractivity contribution in [2.45, 2.75) is 45.2 Å². The van der Waals surface area contributed by atoms with Crippen LogP contribution in [0.2, 0.25) is 0 Å². The number of rotatable bonds is 4. The molecule has 1 aromatic heterocycles. The Kier molecular flexibility index (Phi) is 4.69. The third-order valence-electron chi connectivity index (χ3n) is 4.93. The largest absolute Gasteiger partial charge is 0.396 e. The fraction of sp³-hybridized carbons (Fsp3) is 0.556. The number of fused-ring (bicyclic) bond motifs is 1. The van der Waals surface area contributed by atoms with Crippen LogP contribution in [-0.4, -0.2) is 39.7 Å². The van der Waals surface area contributed by atoms with Gasteiger partial charge in [0, 0.05) is 23.7 Å². The summed E-state index contributed by atoms with van der Waals surface area (Å²) >= 11 is 0. The van der Waals surface area contributed by atoms with Gasteiger partial charge in [-0.3, -0.25) is 4.90 Å². The quantitative estimate of drug-likeness (QED) is 0.943. The van der Waals surface area contributed by atoms with Gasteiger partial charge in [-0.1, -0.05) is 18.2 Å². The summed E-state index contributed by atoms with van der Waals surface area (Å²) in [6, 6.07) is 8.77. The zero-order valence-corrected chi connectivity index (χ0v) is 13.5. The highest BCUT2D eigenvalue weighted by atomic mass is 16.3. The molecule has 1 fully saturated rings. The van der Waals surface area contributed by atoms with Crippen molar-refractivity contribution in [3.05, 3.63) is 35.8 Å². The number of para-hydroxylation sites is 1. The molecule has 1 heterocycles. The zero-order chi connectivity index (χ0) is 15.5. The summed E-state index contributed by atoms with van der Waals surface area (Å²) in [6.45, 7) is 3.18. The number of aromatic nitrogens is 2. The summed E-state index contributed by atoms with van der Waals surface area (Å²) in [5.74, 6) is 1.41. The standard InChI is InChI=1S/C18H25N3O/c1-13-16-5-3-4-6-17(16)20-18(19-13)11-21(2)15-9-7-14(12-22)8-10-15/h3-6,14-15,22H,7-12H2,1-2H3. The van der Waals surface area contributed by atoms with Gasteiger partial charge >= 0.3 is 0 Å². The van der Waals surface area contributed by atoms with Crippen LogP contribution in [-0.2, 0) is 6.54 Å². The molecule has 0 unspecified atom stereocenters. The topological polar surface area (TPSA) is 49.2 Å². The summed E-state index contributed by atoms with van der Waals surface area (Å²) in [4.78, 5) is 11.8. The number of benzene rings is 1. The van der Waals surface area contributed by atoms with Crippen LogP contribution in [0.4, 0.5) is 0 Å². The van der Waals surface area contributed by atoms with Crippen LogP contribution < -0.4 is 0 Å². The summed E-state index contributed by atoms with van der Waals surface area (Å²) in [7, 11) is 2.16. The van der Waals surface area contributed by atoms with Crippen molar-refractivity contribution in [2.75, 3.05) is 13.7 Å². The lowest BCUT2D eigenvalue weighted by atomic mass is 9.86. The average molecular weight is 299 g/mol. The third kappa shape index (κ3) is 3.28. The molecule has 1 aliphatic carbocycles. The molecule has 4 heteroatoms. The Bertz CT molecular complexity index is 635. The molecular formula is C18H25N3O. The Labute approximate surface area is 132 Å². The molecule has 22 heavy (non-hydrogen) atoms. The van der Waals surface area contributed by atoms with Crippen molar-refractivity contribution in [1.29, 1.82) is 0 Å². The first-order valence-corrected chi connectivity index (χ1v) is 8.20. The van der Waals surface area contributed by atoms with Gasteiger partial charge in [0.15, 0.2) is 0 Å². The van der Waals surface area contributed by atoms with E-state index in [4.69, 9.17) is 4.98 Å². The molecule has 1 aliphatic rings.